The third-order valence-electron chi connectivity index (χ3n) is 7.12. The minimum absolute atomic E-state index is 0.0884. The molecule has 0 fully saturated rings. The number of carbonyl (C=O) groups excluding carboxylic acids is 2. The van der Waals surface area contributed by atoms with Gasteiger partial charge in [-0.1, -0.05) is 54.1 Å². The molecule has 4 aromatic rings. The van der Waals surface area contributed by atoms with Crippen LogP contribution in [0.25, 0.3) is 0 Å². The van der Waals surface area contributed by atoms with Gasteiger partial charge in [-0.2, -0.15) is 0 Å². The Morgan fingerprint density at radius 3 is 2.11 bits per heavy atom. The molecule has 4 aromatic carbocycles. The maximum Gasteiger partial charge on any atom is 0.264 e. The van der Waals surface area contributed by atoms with Gasteiger partial charge in [-0.15, -0.1) is 0 Å². The van der Waals surface area contributed by atoms with Crippen molar-refractivity contribution in [2.75, 3.05) is 32.1 Å². The number of nitrogens with zero attached hydrogens (tertiary/aromatic N) is 2. The number of nitrogens with one attached hydrogen (secondary N) is 1. The fourth-order valence-electron chi connectivity index (χ4n) is 4.75. The predicted molar refractivity (Wildman–Crippen MR) is 170 cm³/mol. The molecule has 0 bridgehead atoms. The van der Waals surface area contributed by atoms with E-state index in [2.05, 4.69) is 5.32 Å². The molecule has 1 unspecified atom stereocenters. The third kappa shape index (κ3) is 8.11. The summed E-state index contributed by atoms with van der Waals surface area (Å²) >= 11 is 6.10. The van der Waals surface area contributed by atoms with Crippen molar-refractivity contribution in [3.8, 4) is 11.5 Å². The van der Waals surface area contributed by atoms with Crippen LogP contribution in [0.4, 0.5) is 10.1 Å². The first-order chi connectivity index (χ1) is 21.6. The number of hydrogen-bond acceptors (Lipinski definition) is 6. The van der Waals surface area contributed by atoms with Gasteiger partial charge in [0.15, 0.2) is 11.5 Å². The Kier molecular flexibility index (Phi) is 11.0. The number of sulfonamides is 1. The lowest BCUT2D eigenvalue weighted by molar-refractivity contribution is -0.139. The molecule has 0 aliphatic carbocycles. The normalized spacial score (nSPS) is 11.8. The van der Waals surface area contributed by atoms with Crippen molar-refractivity contribution in [3.63, 3.8) is 0 Å². The van der Waals surface area contributed by atoms with Gasteiger partial charge in [-0.05, 0) is 59.7 Å². The molecule has 0 heterocycles. The molecule has 4 rings (SSSR count). The first kappa shape index (κ1) is 33.3. The van der Waals surface area contributed by atoms with Gasteiger partial charge in [-0.25, -0.2) is 12.8 Å². The van der Waals surface area contributed by atoms with Crippen LogP contribution in [-0.2, 0) is 32.6 Å². The fourth-order valence-corrected chi connectivity index (χ4v) is 6.30. The predicted octanol–water partition coefficient (Wildman–Crippen LogP) is 5.08. The molecule has 1 atom stereocenters. The van der Waals surface area contributed by atoms with Crippen molar-refractivity contribution in [2.24, 2.45) is 0 Å². The smallest absolute Gasteiger partial charge is 0.264 e. The van der Waals surface area contributed by atoms with Gasteiger partial charge in [-0.3, -0.25) is 13.9 Å². The molecule has 0 radical (unpaired) electrons. The highest BCUT2D eigenvalue weighted by Crippen LogP contribution is 2.33. The minimum atomic E-state index is -4.38. The second kappa shape index (κ2) is 14.9. The average Bonchev–Trinajstić information content (AvgIpc) is 3.06. The van der Waals surface area contributed by atoms with E-state index in [4.69, 9.17) is 21.1 Å². The third-order valence-corrected chi connectivity index (χ3v) is 9.14. The van der Waals surface area contributed by atoms with Gasteiger partial charge < -0.3 is 19.7 Å². The Hall–Kier alpha value is -4.61. The monoisotopic (exact) mass is 653 g/mol. The number of methoxy groups -OCH3 is 2. The molecule has 9 nitrogen and oxygen atoms in total. The molecule has 1 N–H and O–H groups in total. The topological polar surface area (TPSA) is 105 Å². The number of rotatable bonds is 13. The maximum atomic E-state index is 14.3. The number of ether oxygens (including phenoxy) is 2. The van der Waals surface area contributed by atoms with Crippen molar-refractivity contribution in [1.82, 2.24) is 10.2 Å². The van der Waals surface area contributed by atoms with Crippen molar-refractivity contribution in [2.45, 2.75) is 23.9 Å². The average molecular weight is 654 g/mol. The van der Waals surface area contributed by atoms with Gasteiger partial charge in [0.05, 0.1) is 24.8 Å². The molecule has 0 aliphatic rings. The molecule has 45 heavy (non-hydrogen) atoms. The Balaban J connectivity index is 1.80. The van der Waals surface area contributed by atoms with Crippen LogP contribution in [0.2, 0.25) is 5.02 Å². The molecule has 236 valence electrons. The van der Waals surface area contributed by atoms with Gasteiger partial charge in [0.1, 0.15) is 18.4 Å². The van der Waals surface area contributed by atoms with E-state index in [1.807, 2.05) is 30.3 Å². The number of likely N-dealkylation sites (N-methyl/N-ethyl adjacent to an activating group) is 1. The van der Waals surface area contributed by atoms with E-state index >= 15 is 0 Å². The molecule has 0 saturated heterocycles. The second-order valence-electron chi connectivity index (χ2n) is 9.97. The molecular formula is C33H33ClFN3O6S. The van der Waals surface area contributed by atoms with Crippen LogP contribution in [0.15, 0.2) is 102 Å². The Morgan fingerprint density at radius 2 is 1.51 bits per heavy atom. The maximum absolute atomic E-state index is 14.3. The first-order valence-electron chi connectivity index (χ1n) is 13.9. The highest BCUT2D eigenvalue weighted by molar-refractivity contribution is 7.92. The van der Waals surface area contributed by atoms with E-state index in [0.717, 1.165) is 9.87 Å². The second-order valence-corrected chi connectivity index (χ2v) is 12.3. The lowest BCUT2D eigenvalue weighted by Gasteiger charge is -2.33. The summed E-state index contributed by atoms with van der Waals surface area (Å²) in [5.41, 5.74) is 1.51. The van der Waals surface area contributed by atoms with E-state index in [-0.39, 0.29) is 29.3 Å². The van der Waals surface area contributed by atoms with Crippen LogP contribution < -0.4 is 19.1 Å². The number of carbonyl (C=O) groups is 2. The SMILES string of the molecule is CNC(=O)C(Cc1ccccc1)N(Cc1ccc(F)cc1)C(=O)CN(c1ccc(Cl)cc1)S(=O)(=O)c1ccc(OC)c(OC)c1. The van der Waals surface area contributed by atoms with Gasteiger partial charge in [0.2, 0.25) is 11.8 Å². The zero-order valence-corrected chi connectivity index (χ0v) is 26.5. The summed E-state index contributed by atoms with van der Waals surface area (Å²) in [5.74, 6) is -1.07. The van der Waals surface area contributed by atoms with Crippen molar-refractivity contribution in [3.05, 3.63) is 119 Å². The number of hydrogen-bond donors (Lipinski definition) is 1. The van der Waals surface area contributed by atoms with Crippen LogP contribution in [0, 0.1) is 5.82 Å². The van der Waals surface area contributed by atoms with E-state index in [1.165, 1.54) is 92.9 Å². The minimum Gasteiger partial charge on any atom is -0.493 e. The summed E-state index contributed by atoms with van der Waals surface area (Å²) in [7, 11) is -0.112. The van der Waals surface area contributed by atoms with Gasteiger partial charge >= 0.3 is 0 Å². The fraction of sp³-hybridized carbons (Fsp3) is 0.212. The number of benzene rings is 4. The Labute approximate surface area is 267 Å². The number of anilines is 1. The number of halogens is 2. The van der Waals surface area contributed by atoms with Crippen LogP contribution in [0.3, 0.4) is 0 Å². The Bertz CT molecular complexity index is 1720. The summed E-state index contributed by atoms with van der Waals surface area (Å²) in [6.45, 7) is -0.753. The van der Waals surface area contributed by atoms with E-state index in [1.54, 1.807) is 0 Å². The van der Waals surface area contributed by atoms with E-state index in [0.29, 0.717) is 16.3 Å². The quantitative estimate of drug-likeness (QED) is 0.216. The summed E-state index contributed by atoms with van der Waals surface area (Å²) in [4.78, 5) is 28.8. The molecule has 0 aliphatic heterocycles. The summed E-state index contributed by atoms with van der Waals surface area (Å²) in [6.07, 6.45) is 0.150. The lowest BCUT2D eigenvalue weighted by Crippen LogP contribution is -2.53. The van der Waals surface area contributed by atoms with Crippen LogP contribution in [-0.4, -0.2) is 59.0 Å². The van der Waals surface area contributed by atoms with Crippen LogP contribution in [0.1, 0.15) is 11.1 Å². The molecule has 2 amide bonds. The first-order valence-corrected chi connectivity index (χ1v) is 15.7. The molecular weight excluding hydrogens is 621 g/mol. The zero-order valence-electron chi connectivity index (χ0n) is 24.9. The van der Waals surface area contributed by atoms with Crippen molar-refractivity contribution >= 4 is 39.1 Å². The summed E-state index contributed by atoms with van der Waals surface area (Å²) in [5, 5.41) is 2.99. The van der Waals surface area contributed by atoms with E-state index in [9.17, 15) is 22.4 Å². The van der Waals surface area contributed by atoms with Crippen LogP contribution in [0.5, 0.6) is 11.5 Å². The van der Waals surface area contributed by atoms with Gasteiger partial charge in [0.25, 0.3) is 10.0 Å². The summed E-state index contributed by atoms with van der Waals surface area (Å²) in [6, 6.07) is 23.8. The van der Waals surface area contributed by atoms with Crippen molar-refractivity contribution in [1.29, 1.82) is 0 Å². The molecule has 0 saturated carbocycles. The highest BCUT2D eigenvalue weighted by Gasteiger charge is 2.34. The molecule has 0 spiro atoms. The standard InChI is InChI=1S/C33H33ClFN3O6S/c1-36-33(40)29(19-23-7-5-4-6-8-23)37(21-24-9-13-26(35)14-10-24)32(39)22-38(27-15-11-25(34)12-16-27)45(41,42)28-17-18-30(43-2)31(20-28)44-3/h4-18,20,29H,19,21-22H2,1-3H3,(H,36,40). The van der Waals surface area contributed by atoms with E-state index < -0.39 is 40.2 Å². The Morgan fingerprint density at radius 1 is 0.867 bits per heavy atom. The van der Waals surface area contributed by atoms with Crippen molar-refractivity contribution < 1.29 is 31.9 Å². The van der Waals surface area contributed by atoms with Gasteiger partial charge in [0, 0.05) is 31.1 Å². The lowest BCUT2D eigenvalue weighted by atomic mass is 10.0. The summed E-state index contributed by atoms with van der Waals surface area (Å²) < 4.78 is 53.7. The molecule has 0 aromatic heterocycles. The molecule has 12 heteroatoms. The zero-order chi connectivity index (χ0) is 32.6. The highest BCUT2D eigenvalue weighted by atomic mass is 35.5. The van der Waals surface area contributed by atoms with Crippen LogP contribution >= 0.6 is 11.6 Å². The largest absolute Gasteiger partial charge is 0.493 e. The number of amides is 2.